The molecule has 3 unspecified atom stereocenters. The maximum atomic E-state index is 2.60. The molecule has 1 heterocycles. The molecular weight excluding hydrogens is 218 g/mol. The Morgan fingerprint density at radius 3 is 1.72 bits per heavy atom. The molecule has 3 atom stereocenters. The summed E-state index contributed by atoms with van der Waals surface area (Å²) in [5.41, 5.74) is 0. The molecule has 18 heavy (non-hydrogen) atoms. The highest BCUT2D eigenvalue weighted by atomic mass is 15.1. The van der Waals surface area contributed by atoms with Gasteiger partial charge in [-0.3, -0.25) is 0 Å². The molecule has 0 aromatic heterocycles. The third-order valence-electron chi connectivity index (χ3n) is 5.44. The van der Waals surface area contributed by atoms with Crippen LogP contribution in [-0.4, -0.2) is 24.5 Å². The minimum absolute atomic E-state index is 0.843. The third-order valence-corrected chi connectivity index (χ3v) is 5.44. The second-order valence-electron chi connectivity index (χ2n) is 6.03. The van der Waals surface area contributed by atoms with Gasteiger partial charge in [-0.15, -0.1) is 0 Å². The van der Waals surface area contributed by atoms with Gasteiger partial charge in [0, 0.05) is 12.6 Å². The van der Waals surface area contributed by atoms with Crippen LogP contribution in [-0.2, 0) is 0 Å². The van der Waals surface area contributed by atoms with Gasteiger partial charge in [0.15, 0.2) is 0 Å². The van der Waals surface area contributed by atoms with Gasteiger partial charge >= 0.3 is 0 Å². The number of nitrogens with zero attached hydrogens (tertiary/aromatic N) is 1. The van der Waals surface area contributed by atoms with Crippen LogP contribution in [0.15, 0.2) is 0 Å². The Kier molecular flexibility index (Phi) is 6.70. The summed E-state index contributed by atoms with van der Waals surface area (Å²) in [5, 5.41) is 0. The van der Waals surface area contributed by atoms with Gasteiger partial charge in [-0.05, 0) is 69.7 Å². The first-order valence-electron chi connectivity index (χ1n) is 8.46. The van der Waals surface area contributed by atoms with E-state index in [0.29, 0.717) is 0 Å². The summed E-state index contributed by atoms with van der Waals surface area (Å²) in [4.78, 5) is 2.60. The normalized spacial score (nSPS) is 42.0. The molecule has 0 aromatic rings. The molecule has 1 nitrogen and oxygen atoms in total. The molecule has 0 amide bonds. The van der Waals surface area contributed by atoms with Crippen LogP contribution in [0, 0.1) is 23.7 Å². The van der Waals surface area contributed by atoms with E-state index in [0.717, 1.165) is 29.7 Å². The zero-order chi connectivity index (χ0) is 13.7. The third kappa shape index (κ3) is 3.10. The van der Waals surface area contributed by atoms with Gasteiger partial charge in [0.1, 0.15) is 0 Å². The Labute approximate surface area is 115 Å². The molecule has 2 bridgehead atoms. The summed E-state index contributed by atoms with van der Waals surface area (Å²) >= 11 is 0. The van der Waals surface area contributed by atoms with Crippen LogP contribution in [0.5, 0.6) is 0 Å². The van der Waals surface area contributed by atoms with Crippen molar-refractivity contribution in [3.63, 3.8) is 0 Å². The van der Waals surface area contributed by atoms with Crippen molar-refractivity contribution < 1.29 is 0 Å². The van der Waals surface area contributed by atoms with Crippen molar-refractivity contribution in [2.45, 2.75) is 72.8 Å². The summed E-state index contributed by atoms with van der Waals surface area (Å²) in [6.07, 6.45) is 7.70. The Morgan fingerprint density at radius 1 is 0.778 bits per heavy atom. The van der Waals surface area contributed by atoms with Crippen LogP contribution in [0.25, 0.3) is 0 Å². The number of rotatable bonds is 0. The van der Waals surface area contributed by atoms with E-state index in [2.05, 4.69) is 18.9 Å². The standard InChI is InChI=1S/C13H23N.2C2H6/c1-9-7-12-10-3-5-11(6-4-10)13(12)8-14(9)2;2*1-2/h9-13H,3-8H2,1-2H3;2*1-2H3. The number of fused-ring (bicyclic) bond motifs is 2. The second kappa shape index (κ2) is 7.53. The molecule has 1 heteroatoms. The highest BCUT2D eigenvalue weighted by molar-refractivity contribution is 4.97. The molecule has 3 aliphatic carbocycles. The Bertz CT molecular complexity index is 194. The minimum Gasteiger partial charge on any atom is -0.303 e. The van der Waals surface area contributed by atoms with Crippen LogP contribution >= 0.6 is 0 Å². The summed E-state index contributed by atoms with van der Waals surface area (Å²) in [6, 6.07) is 0.843. The molecule has 4 fully saturated rings. The molecule has 4 aliphatic rings. The number of hydrogen-bond acceptors (Lipinski definition) is 1. The largest absolute Gasteiger partial charge is 0.303 e. The maximum absolute atomic E-state index is 2.60. The van der Waals surface area contributed by atoms with E-state index >= 15 is 0 Å². The lowest BCUT2D eigenvalue weighted by atomic mass is 9.56. The molecule has 4 rings (SSSR count). The first kappa shape index (κ1) is 16.0. The van der Waals surface area contributed by atoms with Crippen LogP contribution in [0.1, 0.15) is 66.7 Å². The SMILES string of the molecule is CC.CC.CC1CC2C3CCC(CC3)C2CN1C. The second-order valence-corrected chi connectivity index (χ2v) is 6.03. The fourth-order valence-corrected chi connectivity index (χ4v) is 4.44. The first-order chi connectivity index (χ1) is 8.75. The molecule has 0 N–H and O–H groups in total. The van der Waals surface area contributed by atoms with Gasteiger partial charge < -0.3 is 4.90 Å². The van der Waals surface area contributed by atoms with Crippen molar-refractivity contribution in [3.8, 4) is 0 Å². The molecule has 1 aliphatic heterocycles. The summed E-state index contributed by atoms with van der Waals surface area (Å²) in [6.45, 7) is 11.8. The molecular formula is C17H35N. The molecule has 108 valence electrons. The van der Waals surface area contributed by atoms with Crippen molar-refractivity contribution >= 4 is 0 Å². The fraction of sp³-hybridized carbons (Fsp3) is 1.00. The highest BCUT2D eigenvalue weighted by Crippen LogP contribution is 2.52. The van der Waals surface area contributed by atoms with Crippen molar-refractivity contribution in [1.29, 1.82) is 0 Å². The predicted molar refractivity (Wildman–Crippen MR) is 81.8 cm³/mol. The Balaban J connectivity index is 0.000000371. The molecule has 0 spiro atoms. The topological polar surface area (TPSA) is 3.24 Å². The van der Waals surface area contributed by atoms with Crippen LogP contribution < -0.4 is 0 Å². The van der Waals surface area contributed by atoms with E-state index < -0.39 is 0 Å². The van der Waals surface area contributed by atoms with Crippen molar-refractivity contribution in [3.05, 3.63) is 0 Å². The zero-order valence-electron chi connectivity index (χ0n) is 13.6. The molecule has 3 saturated carbocycles. The van der Waals surface area contributed by atoms with Crippen molar-refractivity contribution in [2.24, 2.45) is 23.7 Å². The molecule has 1 saturated heterocycles. The van der Waals surface area contributed by atoms with Crippen molar-refractivity contribution in [2.75, 3.05) is 13.6 Å². The lowest BCUT2D eigenvalue weighted by molar-refractivity contribution is -0.0463. The Hall–Kier alpha value is -0.0400. The average molecular weight is 253 g/mol. The first-order valence-corrected chi connectivity index (χ1v) is 8.46. The van der Waals surface area contributed by atoms with E-state index in [9.17, 15) is 0 Å². The summed E-state index contributed by atoms with van der Waals surface area (Å²) < 4.78 is 0. The lowest BCUT2D eigenvalue weighted by Gasteiger charge is -2.54. The van der Waals surface area contributed by atoms with E-state index in [1.165, 1.54) is 13.0 Å². The van der Waals surface area contributed by atoms with Gasteiger partial charge in [0.05, 0.1) is 0 Å². The number of likely N-dealkylation sites (tertiary alicyclic amines) is 1. The summed E-state index contributed by atoms with van der Waals surface area (Å²) in [5.74, 6) is 4.39. The van der Waals surface area contributed by atoms with Crippen LogP contribution in [0.3, 0.4) is 0 Å². The quantitative estimate of drug-likeness (QED) is 0.598. The maximum Gasteiger partial charge on any atom is 0.00668 e. The Morgan fingerprint density at radius 2 is 1.22 bits per heavy atom. The monoisotopic (exact) mass is 253 g/mol. The van der Waals surface area contributed by atoms with Gasteiger partial charge in [-0.2, -0.15) is 0 Å². The summed E-state index contributed by atoms with van der Waals surface area (Å²) in [7, 11) is 2.32. The van der Waals surface area contributed by atoms with Crippen LogP contribution in [0.2, 0.25) is 0 Å². The highest BCUT2D eigenvalue weighted by Gasteiger charge is 2.46. The van der Waals surface area contributed by atoms with Gasteiger partial charge in [-0.1, -0.05) is 27.7 Å². The molecule has 0 aromatic carbocycles. The van der Waals surface area contributed by atoms with E-state index in [-0.39, 0.29) is 0 Å². The van der Waals surface area contributed by atoms with E-state index in [1.54, 1.807) is 25.7 Å². The molecule has 0 radical (unpaired) electrons. The lowest BCUT2D eigenvalue weighted by Crippen LogP contribution is -2.52. The van der Waals surface area contributed by atoms with Gasteiger partial charge in [0.2, 0.25) is 0 Å². The number of hydrogen-bond donors (Lipinski definition) is 0. The van der Waals surface area contributed by atoms with Crippen molar-refractivity contribution in [1.82, 2.24) is 4.90 Å². The van der Waals surface area contributed by atoms with Gasteiger partial charge in [-0.25, -0.2) is 0 Å². The minimum atomic E-state index is 0.843. The predicted octanol–water partition coefficient (Wildman–Crippen LogP) is 4.82. The fourth-order valence-electron chi connectivity index (χ4n) is 4.44. The van der Waals surface area contributed by atoms with E-state index in [1.807, 2.05) is 27.7 Å². The van der Waals surface area contributed by atoms with Gasteiger partial charge in [0.25, 0.3) is 0 Å². The van der Waals surface area contributed by atoms with E-state index in [4.69, 9.17) is 0 Å². The smallest absolute Gasteiger partial charge is 0.00668 e. The van der Waals surface area contributed by atoms with Crippen LogP contribution in [0.4, 0.5) is 0 Å². The zero-order valence-corrected chi connectivity index (χ0v) is 13.6. The average Bonchev–Trinajstić information content (AvgIpc) is 2.46. The number of piperidine rings is 1.